The number of hydrogen-bond donors (Lipinski definition) is 1. The largest absolute Gasteiger partial charge is 0.486 e. The van der Waals surface area contributed by atoms with Crippen LogP contribution in [0.2, 0.25) is 0 Å². The molecule has 2 unspecified atom stereocenters. The van der Waals surface area contributed by atoms with Crippen LogP contribution in [0, 0.1) is 5.92 Å². The second-order valence-electron chi connectivity index (χ2n) is 8.88. The van der Waals surface area contributed by atoms with E-state index in [1.807, 2.05) is 18.2 Å². The number of amides is 1. The maximum absolute atomic E-state index is 13.1. The Morgan fingerprint density at radius 3 is 2.76 bits per heavy atom. The van der Waals surface area contributed by atoms with Gasteiger partial charge in [-0.15, -0.1) is 0 Å². The number of rotatable bonds is 6. The lowest BCUT2D eigenvalue weighted by Crippen LogP contribution is -2.39. The highest BCUT2D eigenvalue weighted by atomic mass is 79.9. The molecule has 2 aromatic carbocycles. The van der Waals surface area contributed by atoms with Gasteiger partial charge in [0.1, 0.15) is 13.2 Å². The fraction of sp³-hybridized carbons (Fsp3) is 0.423. The molecular formula is C26H30BrN2O4P. The summed E-state index contributed by atoms with van der Waals surface area (Å²) >= 11 is 3.64. The molecule has 0 radical (unpaired) electrons. The van der Waals surface area contributed by atoms with Gasteiger partial charge in [0.05, 0.1) is 5.85 Å². The zero-order chi connectivity index (χ0) is 23.5. The summed E-state index contributed by atoms with van der Waals surface area (Å²) in [4.78, 5) is 15.6. The molecule has 0 saturated carbocycles. The Kier molecular flexibility index (Phi) is 7.55. The van der Waals surface area contributed by atoms with Crippen LogP contribution in [0.3, 0.4) is 0 Å². The number of likely N-dealkylation sites (tertiary alicyclic amines) is 1. The van der Waals surface area contributed by atoms with Gasteiger partial charge in [-0.3, -0.25) is 4.79 Å². The monoisotopic (exact) mass is 544 g/mol. The summed E-state index contributed by atoms with van der Waals surface area (Å²) in [5.74, 6) is 1.93. The normalized spacial score (nSPS) is 20.8. The van der Waals surface area contributed by atoms with E-state index >= 15 is 0 Å². The molecule has 1 saturated heterocycles. The van der Waals surface area contributed by atoms with Crippen molar-refractivity contribution in [1.29, 1.82) is 0 Å². The Balaban J connectivity index is 1.14. The van der Waals surface area contributed by atoms with Crippen molar-refractivity contribution in [3.8, 4) is 11.5 Å². The molecule has 0 spiro atoms. The number of nitrogens with zero attached hydrogens (tertiary/aromatic N) is 1. The van der Waals surface area contributed by atoms with Crippen molar-refractivity contribution in [1.82, 2.24) is 4.90 Å². The van der Waals surface area contributed by atoms with E-state index in [2.05, 4.69) is 50.4 Å². The molecule has 0 aliphatic carbocycles. The van der Waals surface area contributed by atoms with Crippen molar-refractivity contribution in [3.05, 3.63) is 52.0 Å². The molecule has 2 aromatic rings. The molecular weight excluding hydrogens is 515 g/mol. The van der Waals surface area contributed by atoms with E-state index in [0.717, 1.165) is 71.4 Å². The first-order valence-corrected chi connectivity index (χ1v) is 13.7. The molecule has 3 aliphatic rings. The summed E-state index contributed by atoms with van der Waals surface area (Å²) in [5.41, 5.74) is 3.31. The number of hydrogen-bond acceptors (Lipinski definition) is 5. The SMILES string of the molecule is COC1C=Cc2c(Br)ccc(NC(=O)C3CCN(CCc4ccc5c(c4)OCCO5)CC3)c2P1. The van der Waals surface area contributed by atoms with Crippen LogP contribution in [0.1, 0.15) is 24.0 Å². The molecule has 6 nitrogen and oxygen atoms in total. The molecule has 3 aliphatic heterocycles. The molecule has 8 heteroatoms. The molecule has 5 rings (SSSR count). The van der Waals surface area contributed by atoms with E-state index in [9.17, 15) is 4.79 Å². The maximum atomic E-state index is 13.1. The average Bonchev–Trinajstić information content (AvgIpc) is 2.89. The van der Waals surface area contributed by atoms with Crippen LogP contribution in [0.4, 0.5) is 5.69 Å². The van der Waals surface area contributed by atoms with Gasteiger partial charge in [-0.1, -0.05) is 42.7 Å². The summed E-state index contributed by atoms with van der Waals surface area (Å²) in [6.45, 7) is 4.10. The highest BCUT2D eigenvalue weighted by Crippen LogP contribution is 2.36. The van der Waals surface area contributed by atoms with Gasteiger partial charge in [-0.05, 0) is 67.7 Å². The van der Waals surface area contributed by atoms with Crippen molar-refractivity contribution in [2.75, 3.05) is 45.3 Å². The fourth-order valence-electron chi connectivity index (χ4n) is 4.71. The number of carbonyl (C=O) groups excluding carboxylic acids is 1. The molecule has 1 fully saturated rings. The van der Waals surface area contributed by atoms with Gasteiger partial charge in [0.25, 0.3) is 0 Å². The van der Waals surface area contributed by atoms with Crippen LogP contribution in [0.5, 0.6) is 11.5 Å². The quantitative estimate of drug-likeness (QED) is 0.545. The Bertz CT molecular complexity index is 1080. The van der Waals surface area contributed by atoms with E-state index in [1.54, 1.807) is 7.11 Å². The van der Waals surface area contributed by atoms with E-state index < -0.39 is 0 Å². The average molecular weight is 545 g/mol. The van der Waals surface area contributed by atoms with Crippen LogP contribution >= 0.6 is 24.5 Å². The molecule has 0 aromatic heterocycles. The van der Waals surface area contributed by atoms with Crippen LogP contribution in [-0.2, 0) is 16.0 Å². The second-order valence-corrected chi connectivity index (χ2v) is 11.1. The third-order valence-corrected chi connectivity index (χ3v) is 8.94. The molecule has 3 heterocycles. The fourth-order valence-corrected chi connectivity index (χ4v) is 6.63. The highest BCUT2D eigenvalue weighted by molar-refractivity contribution is 9.10. The summed E-state index contributed by atoms with van der Waals surface area (Å²) in [6.07, 6.45) is 6.90. The second kappa shape index (κ2) is 10.8. The molecule has 0 bridgehead atoms. The zero-order valence-corrected chi connectivity index (χ0v) is 21.9. The first kappa shape index (κ1) is 23.8. The van der Waals surface area contributed by atoms with Gasteiger partial charge in [0, 0.05) is 35.0 Å². The van der Waals surface area contributed by atoms with Crippen molar-refractivity contribution in [3.63, 3.8) is 0 Å². The minimum atomic E-state index is 0.0468. The minimum absolute atomic E-state index is 0.0468. The molecule has 2 atom stereocenters. The number of methoxy groups -OCH3 is 1. The standard InChI is InChI=1S/C26H30BrN2O4P/c1-31-24-7-3-19-20(27)4-5-21(25(19)34-24)28-26(30)18-9-12-29(13-10-18)11-8-17-2-6-22-23(16-17)33-15-14-32-22/h2-7,16,18,24,34H,8-15H2,1H3,(H,28,30). The van der Waals surface area contributed by atoms with E-state index in [1.165, 1.54) is 5.56 Å². The molecule has 1 amide bonds. The van der Waals surface area contributed by atoms with E-state index in [0.29, 0.717) is 21.8 Å². The Hall–Kier alpha value is -1.92. The lowest BCUT2D eigenvalue weighted by molar-refractivity contribution is -0.121. The summed E-state index contributed by atoms with van der Waals surface area (Å²) in [6, 6.07) is 10.2. The Morgan fingerprint density at radius 2 is 1.97 bits per heavy atom. The number of piperidine rings is 1. The number of nitrogens with one attached hydrogen (secondary N) is 1. The summed E-state index contributed by atoms with van der Waals surface area (Å²) in [7, 11) is 2.20. The van der Waals surface area contributed by atoms with Crippen LogP contribution in [0.25, 0.3) is 6.08 Å². The lowest BCUT2D eigenvalue weighted by Gasteiger charge is -2.31. The van der Waals surface area contributed by atoms with Gasteiger partial charge in [-0.2, -0.15) is 0 Å². The van der Waals surface area contributed by atoms with Gasteiger partial charge in [0.2, 0.25) is 5.91 Å². The Morgan fingerprint density at radius 1 is 1.18 bits per heavy atom. The number of benzene rings is 2. The zero-order valence-electron chi connectivity index (χ0n) is 19.3. The van der Waals surface area contributed by atoms with Gasteiger partial charge in [-0.25, -0.2) is 0 Å². The van der Waals surface area contributed by atoms with E-state index in [-0.39, 0.29) is 17.7 Å². The lowest BCUT2D eigenvalue weighted by atomic mass is 9.95. The predicted octanol–water partition coefficient (Wildman–Crippen LogP) is 4.42. The first-order chi connectivity index (χ1) is 16.6. The van der Waals surface area contributed by atoms with Crippen molar-refractivity contribution in [2.24, 2.45) is 5.92 Å². The summed E-state index contributed by atoms with van der Waals surface area (Å²) in [5, 5.41) is 4.39. The van der Waals surface area contributed by atoms with Crippen LogP contribution in [-0.4, -0.2) is 56.6 Å². The molecule has 34 heavy (non-hydrogen) atoms. The van der Waals surface area contributed by atoms with Crippen molar-refractivity contribution < 1.29 is 19.0 Å². The molecule has 1 N–H and O–H groups in total. The van der Waals surface area contributed by atoms with Gasteiger partial charge in [0.15, 0.2) is 11.5 Å². The number of ether oxygens (including phenoxy) is 3. The van der Waals surface area contributed by atoms with Crippen molar-refractivity contribution >= 4 is 47.5 Å². The Labute approximate surface area is 210 Å². The van der Waals surface area contributed by atoms with Crippen LogP contribution < -0.4 is 20.1 Å². The predicted molar refractivity (Wildman–Crippen MR) is 141 cm³/mol. The topological polar surface area (TPSA) is 60.0 Å². The number of anilines is 1. The van der Waals surface area contributed by atoms with Crippen LogP contribution in [0.15, 0.2) is 40.9 Å². The molecule has 180 valence electrons. The maximum Gasteiger partial charge on any atom is 0.227 e. The van der Waals surface area contributed by atoms with E-state index in [4.69, 9.17) is 14.2 Å². The summed E-state index contributed by atoms with van der Waals surface area (Å²) < 4.78 is 17.9. The third-order valence-electron chi connectivity index (χ3n) is 6.71. The van der Waals surface area contributed by atoms with Crippen molar-refractivity contribution in [2.45, 2.75) is 25.1 Å². The number of fused-ring (bicyclic) bond motifs is 2. The third kappa shape index (κ3) is 5.33. The number of halogens is 1. The highest BCUT2D eigenvalue weighted by Gasteiger charge is 2.27. The minimum Gasteiger partial charge on any atom is -0.486 e. The van der Waals surface area contributed by atoms with Gasteiger partial charge < -0.3 is 24.4 Å². The first-order valence-electron chi connectivity index (χ1n) is 11.8. The van der Waals surface area contributed by atoms with Gasteiger partial charge >= 0.3 is 0 Å². The number of carbonyl (C=O) groups is 1. The smallest absolute Gasteiger partial charge is 0.227 e.